The smallest absolute Gasteiger partial charge is 0.227 e. The van der Waals surface area contributed by atoms with E-state index in [1.54, 1.807) is 0 Å². The summed E-state index contributed by atoms with van der Waals surface area (Å²) >= 11 is 0. The summed E-state index contributed by atoms with van der Waals surface area (Å²) in [6.07, 6.45) is 2.54. The number of nitrogens with one attached hydrogen (secondary N) is 3. The van der Waals surface area contributed by atoms with Gasteiger partial charge in [-0.25, -0.2) is 4.68 Å². The molecular weight excluding hydrogens is 390 g/mol. The molecule has 0 spiro atoms. The molecule has 0 radical (unpaired) electrons. The SMILES string of the molecule is Cc1nn(C2NC(=O)C(C)C(C)N2)c(C)c1CCC(=O)NC(C)CCc1ccccc1. The number of hydrogen-bond donors (Lipinski definition) is 3. The van der Waals surface area contributed by atoms with Gasteiger partial charge in [-0.3, -0.25) is 14.9 Å². The van der Waals surface area contributed by atoms with E-state index in [0.717, 1.165) is 29.8 Å². The van der Waals surface area contributed by atoms with Gasteiger partial charge in [0.15, 0.2) is 6.29 Å². The third-order valence-electron chi connectivity index (χ3n) is 6.30. The molecule has 7 nitrogen and oxygen atoms in total. The van der Waals surface area contributed by atoms with Crippen LogP contribution < -0.4 is 16.0 Å². The van der Waals surface area contributed by atoms with Crippen molar-refractivity contribution in [2.45, 2.75) is 78.7 Å². The number of rotatable bonds is 8. The highest BCUT2D eigenvalue weighted by atomic mass is 16.2. The Balaban J connectivity index is 1.53. The lowest BCUT2D eigenvalue weighted by Crippen LogP contribution is -2.57. The average Bonchev–Trinajstić information content (AvgIpc) is 3.03. The van der Waals surface area contributed by atoms with Crippen LogP contribution in [0.25, 0.3) is 0 Å². The monoisotopic (exact) mass is 425 g/mol. The molecule has 1 aromatic heterocycles. The van der Waals surface area contributed by atoms with Crippen molar-refractivity contribution in [1.82, 2.24) is 25.7 Å². The van der Waals surface area contributed by atoms with Crippen LogP contribution in [0.3, 0.4) is 0 Å². The summed E-state index contributed by atoms with van der Waals surface area (Å²) < 4.78 is 1.82. The van der Waals surface area contributed by atoms with Crippen molar-refractivity contribution in [1.29, 1.82) is 0 Å². The number of carbonyl (C=O) groups excluding carboxylic acids is 2. The molecule has 31 heavy (non-hydrogen) atoms. The summed E-state index contributed by atoms with van der Waals surface area (Å²) in [5, 5.41) is 14.1. The number of aryl methyl sites for hydroxylation is 2. The minimum absolute atomic E-state index is 0.0224. The lowest BCUT2D eigenvalue weighted by atomic mass is 10.0. The fourth-order valence-corrected chi connectivity index (χ4v) is 4.06. The van der Waals surface area contributed by atoms with Crippen molar-refractivity contribution in [3.63, 3.8) is 0 Å². The molecule has 7 heteroatoms. The van der Waals surface area contributed by atoms with Gasteiger partial charge in [-0.2, -0.15) is 5.10 Å². The molecule has 168 valence electrons. The van der Waals surface area contributed by atoms with Crippen LogP contribution in [0.15, 0.2) is 30.3 Å². The first-order valence-electron chi connectivity index (χ1n) is 11.2. The van der Waals surface area contributed by atoms with Crippen molar-refractivity contribution in [2.75, 3.05) is 0 Å². The first-order valence-corrected chi connectivity index (χ1v) is 11.2. The second-order valence-electron chi connectivity index (χ2n) is 8.74. The molecule has 4 unspecified atom stereocenters. The van der Waals surface area contributed by atoms with E-state index in [1.807, 2.05) is 50.6 Å². The second-order valence-corrected chi connectivity index (χ2v) is 8.74. The lowest BCUT2D eigenvalue weighted by molar-refractivity contribution is -0.130. The van der Waals surface area contributed by atoms with Gasteiger partial charge in [-0.1, -0.05) is 37.3 Å². The predicted octanol–water partition coefficient (Wildman–Crippen LogP) is 2.77. The van der Waals surface area contributed by atoms with Gasteiger partial charge in [0.1, 0.15) is 0 Å². The number of aromatic nitrogens is 2. The molecule has 1 fully saturated rings. The zero-order valence-electron chi connectivity index (χ0n) is 19.2. The predicted molar refractivity (Wildman–Crippen MR) is 121 cm³/mol. The highest BCUT2D eigenvalue weighted by Crippen LogP contribution is 2.21. The second kappa shape index (κ2) is 10.1. The molecule has 4 atom stereocenters. The molecule has 1 aliphatic rings. The third-order valence-corrected chi connectivity index (χ3v) is 6.30. The lowest BCUT2D eigenvalue weighted by Gasteiger charge is -2.34. The summed E-state index contributed by atoms with van der Waals surface area (Å²) in [5.74, 6) is -0.00636. The number of carbonyl (C=O) groups is 2. The Labute approximate surface area is 185 Å². The standard InChI is InChI=1S/C24H35N5O2/c1-15(11-12-20-9-7-6-8-10-20)25-22(30)14-13-21-18(4)28-29(19(21)5)24-26-17(3)16(2)23(31)27-24/h6-10,15-17,24,26H,11-14H2,1-5H3,(H,25,30)(H,27,31). The molecule has 3 N–H and O–H groups in total. The number of nitrogens with zero attached hydrogens (tertiary/aromatic N) is 2. The Kier molecular flexibility index (Phi) is 7.49. The zero-order chi connectivity index (χ0) is 22.5. The van der Waals surface area contributed by atoms with Crippen molar-refractivity contribution in [2.24, 2.45) is 5.92 Å². The highest BCUT2D eigenvalue weighted by molar-refractivity contribution is 5.79. The van der Waals surface area contributed by atoms with Gasteiger partial charge in [-0.15, -0.1) is 0 Å². The van der Waals surface area contributed by atoms with Crippen LogP contribution >= 0.6 is 0 Å². The number of benzene rings is 1. The largest absolute Gasteiger partial charge is 0.354 e. The maximum atomic E-state index is 12.5. The van der Waals surface area contributed by atoms with Crippen molar-refractivity contribution in [3.8, 4) is 0 Å². The third kappa shape index (κ3) is 5.73. The summed E-state index contributed by atoms with van der Waals surface area (Å²) in [6.45, 7) is 9.92. The number of amides is 2. The van der Waals surface area contributed by atoms with Gasteiger partial charge in [0.25, 0.3) is 0 Å². The molecule has 1 saturated heterocycles. The van der Waals surface area contributed by atoms with E-state index in [9.17, 15) is 9.59 Å². The van der Waals surface area contributed by atoms with E-state index in [0.29, 0.717) is 12.8 Å². The molecule has 2 aromatic rings. The Morgan fingerprint density at radius 2 is 1.90 bits per heavy atom. The Hall–Kier alpha value is -2.67. The van der Waals surface area contributed by atoms with Gasteiger partial charge in [0.2, 0.25) is 11.8 Å². The molecule has 0 aliphatic carbocycles. The normalized spacial score (nSPS) is 22.1. The van der Waals surface area contributed by atoms with Crippen LogP contribution in [0, 0.1) is 19.8 Å². The molecule has 0 bridgehead atoms. The summed E-state index contributed by atoms with van der Waals surface area (Å²) in [6, 6.07) is 10.5. The molecule has 2 heterocycles. The summed E-state index contributed by atoms with van der Waals surface area (Å²) in [7, 11) is 0. The van der Waals surface area contributed by atoms with Crippen molar-refractivity contribution in [3.05, 3.63) is 52.8 Å². The summed E-state index contributed by atoms with van der Waals surface area (Å²) in [5.41, 5.74) is 4.22. The van der Waals surface area contributed by atoms with E-state index >= 15 is 0 Å². The molecule has 2 amide bonds. The fraction of sp³-hybridized carbons (Fsp3) is 0.542. The van der Waals surface area contributed by atoms with E-state index in [-0.39, 0.29) is 36.1 Å². The first-order chi connectivity index (χ1) is 14.8. The van der Waals surface area contributed by atoms with Gasteiger partial charge in [0, 0.05) is 24.2 Å². The first kappa shape index (κ1) is 23.0. The highest BCUT2D eigenvalue weighted by Gasteiger charge is 2.32. The van der Waals surface area contributed by atoms with E-state index in [1.165, 1.54) is 5.56 Å². The average molecular weight is 426 g/mol. The fourth-order valence-electron chi connectivity index (χ4n) is 4.06. The topological polar surface area (TPSA) is 88.1 Å². The van der Waals surface area contributed by atoms with E-state index in [4.69, 9.17) is 0 Å². The van der Waals surface area contributed by atoms with Gasteiger partial charge in [-0.05, 0) is 58.1 Å². The van der Waals surface area contributed by atoms with Crippen LogP contribution in [0.5, 0.6) is 0 Å². The molecule has 0 saturated carbocycles. The van der Waals surface area contributed by atoms with Crippen LogP contribution in [0.2, 0.25) is 0 Å². The van der Waals surface area contributed by atoms with Crippen LogP contribution in [-0.4, -0.2) is 33.7 Å². The van der Waals surface area contributed by atoms with E-state index in [2.05, 4.69) is 40.1 Å². The van der Waals surface area contributed by atoms with Crippen molar-refractivity contribution >= 4 is 11.8 Å². The van der Waals surface area contributed by atoms with Gasteiger partial charge in [0.05, 0.1) is 11.6 Å². The minimum Gasteiger partial charge on any atom is -0.354 e. The van der Waals surface area contributed by atoms with Gasteiger partial charge >= 0.3 is 0 Å². The molecule has 1 aromatic carbocycles. The zero-order valence-corrected chi connectivity index (χ0v) is 19.2. The Bertz CT molecular complexity index is 908. The molecule has 1 aliphatic heterocycles. The Morgan fingerprint density at radius 1 is 1.19 bits per heavy atom. The quantitative estimate of drug-likeness (QED) is 0.607. The summed E-state index contributed by atoms with van der Waals surface area (Å²) in [4.78, 5) is 24.7. The van der Waals surface area contributed by atoms with Crippen molar-refractivity contribution < 1.29 is 9.59 Å². The molecular formula is C24H35N5O2. The number of hydrogen-bond acceptors (Lipinski definition) is 4. The minimum atomic E-state index is -0.363. The van der Waals surface area contributed by atoms with Crippen LogP contribution in [-0.2, 0) is 22.4 Å². The van der Waals surface area contributed by atoms with Gasteiger partial charge < -0.3 is 10.6 Å². The Morgan fingerprint density at radius 3 is 2.58 bits per heavy atom. The van der Waals surface area contributed by atoms with Crippen LogP contribution in [0.4, 0.5) is 0 Å². The van der Waals surface area contributed by atoms with Crippen LogP contribution in [0.1, 0.15) is 62.4 Å². The maximum absolute atomic E-state index is 12.5. The maximum Gasteiger partial charge on any atom is 0.227 e. The van der Waals surface area contributed by atoms with E-state index < -0.39 is 0 Å². The molecule has 3 rings (SSSR count).